The molecule has 1 aromatic heterocycles. The van der Waals surface area contributed by atoms with Gasteiger partial charge in [0.1, 0.15) is 12.4 Å². The lowest BCUT2D eigenvalue weighted by Crippen LogP contribution is -2.15. The Morgan fingerprint density at radius 1 is 1.12 bits per heavy atom. The third-order valence-corrected chi connectivity index (χ3v) is 4.87. The zero-order chi connectivity index (χ0) is 24.9. The average molecular weight is 473 g/mol. The first-order chi connectivity index (χ1) is 16.0. The number of hydrogen-bond donors (Lipinski definition) is 2. The molecular formula is C25H22F3NO5. The van der Waals surface area contributed by atoms with Crippen molar-refractivity contribution >= 4 is 23.6 Å². The molecule has 9 heteroatoms. The molecule has 2 N–H and O–H groups in total. The summed E-state index contributed by atoms with van der Waals surface area (Å²) in [5.74, 6) is -1.76. The molecule has 0 aliphatic heterocycles. The summed E-state index contributed by atoms with van der Waals surface area (Å²) in [7, 11) is 0. The number of rotatable bonds is 8. The summed E-state index contributed by atoms with van der Waals surface area (Å²) >= 11 is 0. The van der Waals surface area contributed by atoms with E-state index in [1.165, 1.54) is 12.3 Å². The summed E-state index contributed by atoms with van der Waals surface area (Å²) in [5, 5.41) is 11.3. The van der Waals surface area contributed by atoms with Crippen LogP contribution in [0.1, 0.15) is 52.6 Å². The van der Waals surface area contributed by atoms with Crippen LogP contribution >= 0.6 is 0 Å². The zero-order valence-electron chi connectivity index (χ0n) is 18.3. The van der Waals surface area contributed by atoms with E-state index in [1.807, 2.05) is 13.8 Å². The number of halogens is 3. The van der Waals surface area contributed by atoms with Gasteiger partial charge in [-0.1, -0.05) is 38.1 Å². The Balaban J connectivity index is 1.82. The van der Waals surface area contributed by atoms with Crippen molar-refractivity contribution in [2.75, 3.05) is 5.32 Å². The van der Waals surface area contributed by atoms with Crippen molar-refractivity contribution in [1.82, 2.24) is 0 Å². The number of anilines is 1. The first-order valence-corrected chi connectivity index (χ1v) is 10.3. The molecule has 0 saturated carbocycles. The van der Waals surface area contributed by atoms with Gasteiger partial charge in [0.2, 0.25) is 0 Å². The van der Waals surface area contributed by atoms with Crippen molar-refractivity contribution in [3.05, 3.63) is 88.9 Å². The maximum atomic E-state index is 13.3. The average Bonchev–Trinajstić information content (AvgIpc) is 3.27. The standard InChI is InChI=1S/C25H22F3NO5/c1-15(2)19-11-12-33-23(19)24(32)29-20-9-8-18(25(26,27)28)13-21(20)34-14-17-5-3-16(4-6-17)7-10-22(30)31/h3-13,15H,14H2,1-2H3,(H,29,32)(H,30,31)/b10-7+. The van der Waals surface area contributed by atoms with Crippen LogP contribution in [0.15, 0.2) is 65.3 Å². The highest BCUT2D eigenvalue weighted by atomic mass is 19.4. The number of benzene rings is 2. The van der Waals surface area contributed by atoms with Crippen molar-refractivity contribution in [2.24, 2.45) is 0 Å². The maximum Gasteiger partial charge on any atom is 0.416 e. The van der Waals surface area contributed by atoms with E-state index in [9.17, 15) is 22.8 Å². The predicted octanol–water partition coefficient (Wildman–Crippen LogP) is 6.35. The van der Waals surface area contributed by atoms with Gasteiger partial charge >= 0.3 is 12.1 Å². The Labute approximate surface area is 193 Å². The topological polar surface area (TPSA) is 88.8 Å². The predicted molar refractivity (Wildman–Crippen MR) is 120 cm³/mol. The molecule has 0 fully saturated rings. The molecule has 0 radical (unpaired) electrons. The highest BCUT2D eigenvalue weighted by molar-refractivity contribution is 6.04. The van der Waals surface area contributed by atoms with E-state index >= 15 is 0 Å². The molecule has 0 aliphatic carbocycles. The number of nitrogens with one attached hydrogen (secondary N) is 1. The van der Waals surface area contributed by atoms with Crippen LogP contribution in [-0.2, 0) is 17.6 Å². The summed E-state index contributed by atoms with van der Waals surface area (Å²) in [4.78, 5) is 23.3. The second kappa shape index (κ2) is 10.3. The number of carbonyl (C=O) groups excluding carboxylic acids is 1. The summed E-state index contributed by atoms with van der Waals surface area (Å²) < 4.78 is 50.7. The van der Waals surface area contributed by atoms with Crippen molar-refractivity contribution in [2.45, 2.75) is 32.5 Å². The van der Waals surface area contributed by atoms with Crippen LogP contribution in [0.4, 0.5) is 18.9 Å². The van der Waals surface area contributed by atoms with Crippen molar-refractivity contribution < 1.29 is 37.0 Å². The van der Waals surface area contributed by atoms with Crippen LogP contribution in [0.3, 0.4) is 0 Å². The van der Waals surface area contributed by atoms with Crippen LogP contribution in [0.2, 0.25) is 0 Å². The Kier molecular flexibility index (Phi) is 7.45. The summed E-state index contributed by atoms with van der Waals surface area (Å²) in [5.41, 5.74) is 1.08. The third kappa shape index (κ3) is 6.28. The number of furan rings is 1. The normalized spacial score (nSPS) is 11.7. The number of carbonyl (C=O) groups is 2. The molecule has 0 spiro atoms. The fraction of sp³-hybridized carbons (Fsp3) is 0.200. The lowest BCUT2D eigenvalue weighted by atomic mass is 10.0. The third-order valence-electron chi connectivity index (χ3n) is 4.87. The second-order valence-electron chi connectivity index (χ2n) is 7.72. The summed E-state index contributed by atoms with van der Waals surface area (Å²) in [6.07, 6.45) is -0.811. The number of aliphatic carboxylic acids is 1. The second-order valence-corrected chi connectivity index (χ2v) is 7.72. The first-order valence-electron chi connectivity index (χ1n) is 10.3. The minimum atomic E-state index is -4.59. The van der Waals surface area contributed by atoms with Gasteiger partial charge in [-0.3, -0.25) is 4.79 Å². The molecule has 3 rings (SSSR count). The molecule has 178 valence electrons. The van der Waals surface area contributed by atoms with Gasteiger partial charge in [-0.2, -0.15) is 13.2 Å². The molecular weight excluding hydrogens is 451 g/mol. The molecule has 1 heterocycles. The zero-order valence-corrected chi connectivity index (χ0v) is 18.3. The molecule has 1 amide bonds. The molecule has 0 unspecified atom stereocenters. The van der Waals surface area contributed by atoms with Crippen LogP contribution in [0.5, 0.6) is 5.75 Å². The molecule has 2 aromatic carbocycles. The number of amides is 1. The van der Waals surface area contributed by atoms with Gasteiger partial charge in [-0.05, 0) is 47.4 Å². The maximum absolute atomic E-state index is 13.3. The first kappa shape index (κ1) is 24.6. The molecule has 0 atom stereocenters. The monoisotopic (exact) mass is 473 g/mol. The molecule has 3 aromatic rings. The quantitative estimate of drug-likeness (QED) is 0.372. The number of carboxylic acid groups (broad SMARTS) is 1. The molecule has 0 bridgehead atoms. The van der Waals surface area contributed by atoms with Gasteiger partial charge in [0.15, 0.2) is 5.76 Å². The molecule has 6 nitrogen and oxygen atoms in total. The SMILES string of the molecule is CC(C)c1ccoc1C(=O)Nc1ccc(C(F)(F)F)cc1OCc1ccc(/C=C/C(=O)O)cc1. The Bertz CT molecular complexity index is 1190. The fourth-order valence-electron chi connectivity index (χ4n) is 3.11. The van der Waals surface area contributed by atoms with Crippen LogP contribution < -0.4 is 10.1 Å². The smallest absolute Gasteiger partial charge is 0.416 e. The van der Waals surface area contributed by atoms with Gasteiger partial charge in [-0.25, -0.2) is 4.79 Å². The van der Waals surface area contributed by atoms with Gasteiger partial charge in [0, 0.05) is 11.6 Å². The summed E-state index contributed by atoms with van der Waals surface area (Å²) in [6.45, 7) is 3.69. The van der Waals surface area contributed by atoms with E-state index in [4.69, 9.17) is 14.3 Å². The van der Waals surface area contributed by atoms with Crippen LogP contribution in [0, 0.1) is 0 Å². The Morgan fingerprint density at radius 3 is 2.44 bits per heavy atom. The van der Waals surface area contributed by atoms with E-state index in [0.717, 1.165) is 24.3 Å². The Morgan fingerprint density at radius 2 is 1.82 bits per heavy atom. The number of alkyl halides is 3. The summed E-state index contributed by atoms with van der Waals surface area (Å²) in [6, 6.07) is 11.1. The van der Waals surface area contributed by atoms with Crippen LogP contribution in [-0.4, -0.2) is 17.0 Å². The van der Waals surface area contributed by atoms with Crippen molar-refractivity contribution in [3.8, 4) is 5.75 Å². The minimum absolute atomic E-state index is 0.0103. The fourth-order valence-corrected chi connectivity index (χ4v) is 3.11. The van der Waals surface area contributed by atoms with E-state index < -0.39 is 23.6 Å². The lowest BCUT2D eigenvalue weighted by Gasteiger charge is -2.16. The molecule has 34 heavy (non-hydrogen) atoms. The van der Waals surface area contributed by atoms with E-state index in [2.05, 4.69) is 5.32 Å². The van der Waals surface area contributed by atoms with Gasteiger partial charge in [-0.15, -0.1) is 0 Å². The highest BCUT2D eigenvalue weighted by Crippen LogP contribution is 2.36. The van der Waals surface area contributed by atoms with Crippen LogP contribution in [0.25, 0.3) is 6.08 Å². The molecule has 0 aliphatic rings. The molecule has 0 saturated heterocycles. The number of hydrogen-bond acceptors (Lipinski definition) is 4. The van der Waals surface area contributed by atoms with E-state index in [1.54, 1.807) is 30.3 Å². The van der Waals surface area contributed by atoms with Crippen molar-refractivity contribution in [1.29, 1.82) is 0 Å². The lowest BCUT2D eigenvalue weighted by molar-refractivity contribution is -0.137. The largest absolute Gasteiger partial charge is 0.487 e. The minimum Gasteiger partial charge on any atom is -0.487 e. The van der Waals surface area contributed by atoms with Gasteiger partial charge < -0.3 is 19.6 Å². The Hall–Kier alpha value is -4.01. The van der Waals surface area contributed by atoms with Gasteiger partial charge in [0.05, 0.1) is 17.5 Å². The number of carboxylic acids is 1. The van der Waals surface area contributed by atoms with Crippen molar-refractivity contribution in [3.63, 3.8) is 0 Å². The van der Waals surface area contributed by atoms with E-state index in [0.29, 0.717) is 16.7 Å². The van der Waals surface area contributed by atoms with E-state index in [-0.39, 0.29) is 29.7 Å². The van der Waals surface area contributed by atoms with Gasteiger partial charge in [0.25, 0.3) is 5.91 Å². The highest BCUT2D eigenvalue weighted by Gasteiger charge is 2.31. The number of ether oxygens (including phenoxy) is 1.